The molecule has 0 aromatic rings. The monoisotopic (exact) mass is 279 g/mol. The molecule has 0 aromatic carbocycles. The van der Waals surface area contributed by atoms with Crippen molar-refractivity contribution in [1.29, 1.82) is 0 Å². The smallest absolute Gasteiger partial charge is 0.239 e. The highest BCUT2D eigenvalue weighted by Gasteiger charge is 2.42. The highest BCUT2D eigenvalue weighted by atomic mass is 16.2. The van der Waals surface area contributed by atoms with Crippen molar-refractivity contribution in [2.75, 3.05) is 19.6 Å². The lowest BCUT2D eigenvalue weighted by Gasteiger charge is -2.41. The Balaban J connectivity index is 1.71. The van der Waals surface area contributed by atoms with E-state index in [9.17, 15) is 4.79 Å². The van der Waals surface area contributed by atoms with Gasteiger partial charge in [0, 0.05) is 37.8 Å². The van der Waals surface area contributed by atoms with Gasteiger partial charge in [-0.3, -0.25) is 9.69 Å². The minimum Gasteiger partial charge on any atom is -0.337 e. The van der Waals surface area contributed by atoms with Gasteiger partial charge >= 0.3 is 0 Å². The van der Waals surface area contributed by atoms with Crippen molar-refractivity contribution in [3.05, 3.63) is 0 Å². The molecule has 1 N–H and O–H groups in total. The number of nitrogens with zero attached hydrogens (tertiary/aromatic N) is 2. The van der Waals surface area contributed by atoms with E-state index < -0.39 is 0 Å². The van der Waals surface area contributed by atoms with Gasteiger partial charge in [-0.15, -0.1) is 0 Å². The van der Waals surface area contributed by atoms with Crippen molar-refractivity contribution in [2.24, 2.45) is 5.92 Å². The van der Waals surface area contributed by atoms with Crippen molar-refractivity contribution < 1.29 is 4.79 Å². The van der Waals surface area contributed by atoms with E-state index in [1.807, 2.05) is 0 Å². The fourth-order valence-electron chi connectivity index (χ4n) is 4.69. The van der Waals surface area contributed by atoms with Crippen molar-refractivity contribution in [3.63, 3.8) is 0 Å². The normalized spacial score (nSPS) is 39.9. The molecule has 5 atom stereocenters. The molecule has 0 aliphatic carbocycles. The Morgan fingerprint density at radius 2 is 1.85 bits per heavy atom. The summed E-state index contributed by atoms with van der Waals surface area (Å²) in [6.45, 7) is 9.70. The van der Waals surface area contributed by atoms with E-state index in [0.29, 0.717) is 30.0 Å². The van der Waals surface area contributed by atoms with E-state index in [2.05, 4.69) is 35.9 Å². The third kappa shape index (κ3) is 2.37. The van der Waals surface area contributed by atoms with Gasteiger partial charge in [-0.05, 0) is 52.4 Å². The molecule has 3 saturated heterocycles. The van der Waals surface area contributed by atoms with Crippen LogP contribution in [0.1, 0.15) is 46.5 Å². The summed E-state index contributed by atoms with van der Waals surface area (Å²) in [6.07, 6.45) is 4.91. The molecule has 0 aromatic heterocycles. The minimum atomic E-state index is 0.0434. The molecule has 3 aliphatic heterocycles. The first-order valence-corrected chi connectivity index (χ1v) is 8.38. The van der Waals surface area contributed by atoms with Gasteiger partial charge in [0.05, 0.1) is 6.04 Å². The Bertz CT molecular complexity index is 363. The van der Waals surface area contributed by atoms with Crippen molar-refractivity contribution in [3.8, 4) is 0 Å². The zero-order valence-electron chi connectivity index (χ0n) is 13.1. The molecule has 114 valence electrons. The highest BCUT2D eigenvalue weighted by molar-refractivity contribution is 5.82. The third-order valence-electron chi connectivity index (χ3n) is 5.79. The predicted octanol–water partition coefficient (Wildman–Crippen LogP) is 1.46. The number of rotatable bonds is 2. The van der Waals surface area contributed by atoms with Crippen LogP contribution in [0.5, 0.6) is 0 Å². The number of carbonyl (C=O) groups is 1. The molecule has 0 bridgehead atoms. The van der Waals surface area contributed by atoms with Gasteiger partial charge in [0.2, 0.25) is 5.91 Å². The van der Waals surface area contributed by atoms with Gasteiger partial charge in [0.25, 0.3) is 0 Å². The highest BCUT2D eigenvalue weighted by Crippen LogP contribution is 2.30. The van der Waals surface area contributed by atoms with Crippen LogP contribution in [0.2, 0.25) is 0 Å². The lowest BCUT2D eigenvalue weighted by Crippen LogP contribution is -2.56. The number of piperidine rings is 1. The molecular formula is C16H29N3O. The molecule has 0 saturated carbocycles. The lowest BCUT2D eigenvalue weighted by atomic mass is 9.91. The van der Waals surface area contributed by atoms with Crippen LogP contribution in [-0.4, -0.2) is 59.5 Å². The average Bonchev–Trinajstić information content (AvgIpc) is 3.04. The quantitative estimate of drug-likeness (QED) is 0.831. The molecule has 5 unspecified atom stereocenters. The molecule has 3 heterocycles. The second-order valence-electron chi connectivity index (χ2n) is 7.06. The SMILES string of the molecule is CC1CCC(C)N1C(C)C(=O)N1CCCC2CNCC21. The van der Waals surface area contributed by atoms with Crippen LogP contribution < -0.4 is 5.32 Å². The van der Waals surface area contributed by atoms with Gasteiger partial charge in [0.15, 0.2) is 0 Å². The van der Waals surface area contributed by atoms with Crippen LogP contribution in [-0.2, 0) is 4.79 Å². The molecule has 3 fully saturated rings. The summed E-state index contributed by atoms with van der Waals surface area (Å²) in [4.78, 5) is 17.6. The lowest BCUT2D eigenvalue weighted by molar-refractivity contribution is -0.141. The Hall–Kier alpha value is -0.610. The van der Waals surface area contributed by atoms with E-state index in [0.717, 1.165) is 19.6 Å². The van der Waals surface area contributed by atoms with Gasteiger partial charge in [-0.25, -0.2) is 0 Å². The average molecular weight is 279 g/mol. The van der Waals surface area contributed by atoms with Crippen LogP contribution in [0.15, 0.2) is 0 Å². The number of likely N-dealkylation sites (tertiary alicyclic amines) is 2. The van der Waals surface area contributed by atoms with E-state index in [4.69, 9.17) is 0 Å². The Kier molecular flexibility index (Phi) is 4.04. The van der Waals surface area contributed by atoms with Gasteiger partial charge in [0.1, 0.15) is 0 Å². The second-order valence-corrected chi connectivity index (χ2v) is 7.06. The van der Waals surface area contributed by atoms with Crippen LogP contribution >= 0.6 is 0 Å². The van der Waals surface area contributed by atoms with Crippen LogP contribution in [0, 0.1) is 5.92 Å². The first-order valence-electron chi connectivity index (χ1n) is 8.38. The van der Waals surface area contributed by atoms with E-state index >= 15 is 0 Å². The van der Waals surface area contributed by atoms with Crippen molar-refractivity contribution in [1.82, 2.24) is 15.1 Å². The summed E-state index contributed by atoms with van der Waals surface area (Å²) < 4.78 is 0. The van der Waals surface area contributed by atoms with E-state index in [-0.39, 0.29) is 6.04 Å². The maximum absolute atomic E-state index is 13.0. The van der Waals surface area contributed by atoms with Crippen LogP contribution in [0.25, 0.3) is 0 Å². The Morgan fingerprint density at radius 3 is 2.55 bits per heavy atom. The molecular weight excluding hydrogens is 250 g/mol. The topological polar surface area (TPSA) is 35.6 Å². The minimum absolute atomic E-state index is 0.0434. The summed E-state index contributed by atoms with van der Waals surface area (Å²) >= 11 is 0. The van der Waals surface area contributed by atoms with Gasteiger partial charge < -0.3 is 10.2 Å². The fourth-order valence-corrected chi connectivity index (χ4v) is 4.69. The molecule has 4 nitrogen and oxygen atoms in total. The van der Waals surface area contributed by atoms with Crippen molar-refractivity contribution in [2.45, 2.75) is 70.6 Å². The van der Waals surface area contributed by atoms with Crippen LogP contribution in [0.4, 0.5) is 0 Å². The number of fused-ring (bicyclic) bond motifs is 1. The molecule has 1 amide bonds. The summed E-state index contributed by atoms with van der Waals surface area (Å²) in [5.41, 5.74) is 0. The van der Waals surface area contributed by atoms with E-state index in [1.54, 1.807) is 0 Å². The summed E-state index contributed by atoms with van der Waals surface area (Å²) in [6, 6.07) is 1.59. The maximum atomic E-state index is 13.0. The molecule has 0 radical (unpaired) electrons. The summed E-state index contributed by atoms with van der Waals surface area (Å²) in [5, 5.41) is 3.47. The van der Waals surface area contributed by atoms with Gasteiger partial charge in [-0.2, -0.15) is 0 Å². The second kappa shape index (κ2) is 5.64. The fraction of sp³-hybridized carbons (Fsp3) is 0.938. The first kappa shape index (κ1) is 14.3. The van der Waals surface area contributed by atoms with Crippen LogP contribution in [0.3, 0.4) is 0 Å². The molecule has 20 heavy (non-hydrogen) atoms. The van der Waals surface area contributed by atoms with E-state index in [1.165, 1.54) is 25.7 Å². The number of hydrogen-bond donors (Lipinski definition) is 1. The van der Waals surface area contributed by atoms with Gasteiger partial charge in [-0.1, -0.05) is 0 Å². The molecule has 4 heteroatoms. The summed E-state index contributed by atoms with van der Waals surface area (Å²) in [5.74, 6) is 1.05. The molecule has 0 spiro atoms. The number of nitrogens with one attached hydrogen (secondary N) is 1. The zero-order valence-corrected chi connectivity index (χ0v) is 13.1. The number of hydrogen-bond acceptors (Lipinski definition) is 3. The largest absolute Gasteiger partial charge is 0.337 e. The standard InChI is InChI=1S/C16H29N3O/c1-11-6-7-12(2)19(11)13(3)16(20)18-8-4-5-14-9-17-10-15(14)18/h11-15,17H,4-10H2,1-3H3. The Labute approximate surface area is 122 Å². The zero-order chi connectivity index (χ0) is 14.3. The Morgan fingerprint density at radius 1 is 1.15 bits per heavy atom. The number of carbonyl (C=O) groups excluding carboxylic acids is 1. The third-order valence-corrected chi connectivity index (χ3v) is 5.79. The van der Waals surface area contributed by atoms with Crippen molar-refractivity contribution >= 4 is 5.91 Å². The molecule has 3 rings (SSSR count). The maximum Gasteiger partial charge on any atom is 0.239 e. The first-order chi connectivity index (χ1) is 9.59. The summed E-state index contributed by atoms with van der Waals surface area (Å²) in [7, 11) is 0. The number of amides is 1. The predicted molar refractivity (Wildman–Crippen MR) is 80.6 cm³/mol. The molecule has 3 aliphatic rings.